The van der Waals surface area contributed by atoms with Crippen LogP contribution in [0, 0.1) is 11.8 Å². The molecule has 0 unspecified atom stereocenters. The summed E-state index contributed by atoms with van der Waals surface area (Å²) in [7, 11) is 5.95. The zero-order valence-corrected chi connectivity index (χ0v) is 16.0. The zero-order valence-electron chi connectivity index (χ0n) is 16.0. The van der Waals surface area contributed by atoms with Gasteiger partial charge in [-0.1, -0.05) is 0 Å². The maximum absolute atomic E-state index is 12.9. The minimum atomic E-state index is -0.303. The Bertz CT molecular complexity index is 619. The summed E-state index contributed by atoms with van der Waals surface area (Å²) in [6.07, 6.45) is 1.43. The van der Waals surface area contributed by atoms with Crippen molar-refractivity contribution >= 4 is 11.6 Å². The number of likely N-dealkylation sites (N-methyl/N-ethyl adjacent to an activating group) is 2. The minimum absolute atomic E-state index is 0.0756. The Morgan fingerprint density at radius 2 is 1.73 bits per heavy atom. The fourth-order valence-corrected chi connectivity index (χ4v) is 4.45. The van der Waals surface area contributed by atoms with E-state index in [1.54, 1.807) is 0 Å². The van der Waals surface area contributed by atoms with Crippen molar-refractivity contribution in [3.8, 4) is 0 Å². The van der Waals surface area contributed by atoms with Crippen molar-refractivity contribution in [3.63, 3.8) is 0 Å². The number of fused-ring (bicyclic) bond motifs is 1. The highest BCUT2D eigenvalue weighted by Gasteiger charge is 2.43. The summed E-state index contributed by atoms with van der Waals surface area (Å²) in [6, 6.07) is 7.78. The third kappa shape index (κ3) is 3.87. The Morgan fingerprint density at radius 3 is 2.31 bits per heavy atom. The number of likely N-dealkylation sites (tertiary alicyclic amines) is 1. The Morgan fingerprint density at radius 1 is 1.12 bits per heavy atom. The summed E-state index contributed by atoms with van der Waals surface area (Å²) in [5.41, 5.74) is 1.69. The van der Waals surface area contributed by atoms with Gasteiger partial charge in [-0.15, -0.1) is 0 Å². The van der Waals surface area contributed by atoms with Gasteiger partial charge < -0.3 is 24.9 Å². The molecular weight excluding hydrogens is 330 g/mol. The van der Waals surface area contributed by atoms with Crippen LogP contribution in [0.15, 0.2) is 24.3 Å². The molecule has 0 spiro atoms. The first-order chi connectivity index (χ1) is 12.4. The van der Waals surface area contributed by atoms with Crippen LogP contribution in [0.25, 0.3) is 0 Å². The van der Waals surface area contributed by atoms with E-state index in [1.807, 2.05) is 55.2 Å². The molecule has 6 nitrogen and oxygen atoms in total. The van der Waals surface area contributed by atoms with Crippen molar-refractivity contribution in [1.82, 2.24) is 9.80 Å². The highest BCUT2D eigenvalue weighted by Crippen LogP contribution is 2.38. The van der Waals surface area contributed by atoms with E-state index in [2.05, 4.69) is 4.90 Å². The number of aliphatic hydroxyl groups is 2. The number of hydrogen-bond donors (Lipinski definition) is 2. The van der Waals surface area contributed by atoms with Gasteiger partial charge in [0.2, 0.25) is 0 Å². The lowest BCUT2D eigenvalue weighted by Gasteiger charge is -2.38. The van der Waals surface area contributed by atoms with E-state index < -0.39 is 0 Å². The summed E-state index contributed by atoms with van der Waals surface area (Å²) in [5, 5.41) is 19.4. The second-order valence-electron chi connectivity index (χ2n) is 7.99. The molecule has 1 aliphatic heterocycles. The van der Waals surface area contributed by atoms with E-state index >= 15 is 0 Å². The van der Waals surface area contributed by atoms with Crippen molar-refractivity contribution in [3.05, 3.63) is 29.8 Å². The van der Waals surface area contributed by atoms with Crippen LogP contribution in [-0.2, 0) is 0 Å². The number of carbonyl (C=O) groups is 1. The molecule has 1 aromatic carbocycles. The maximum atomic E-state index is 12.9. The molecule has 2 aliphatic rings. The van der Waals surface area contributed by atoms with Crippen molar-refractivity contribution in [2.75, 3.05) is 52.3 Å². The first-order valence-electron chi connectivity index (χ1n) is 9.46. The molecule has 2 N–H and O–H groups in total. The first-order valence-corrected chi connectivity index (χ1v) is 9.46. The van der Waals surface area contributed by atoms with Crippen LogP contribution < -0.4 is 4.90 Å². The van der Waals surface area contributed by atoms with Crippen LogP contribution >= 0.6 is 0 Å². The Kier molecular flexibility index (Phi) is 5.85. The Hall–Kier alpha value is -1.63. The molecule has 1 saturated carbocycles. The van der Waals surface area contributed by atoms with Crippen LogP contribution in [0.4, 0.5) is 5.69 Å². The Balaban J connectivity index is 1.64. The molecule has 144 valence electrons. The van der Waals surface area contributed by atoms with E-state index in [0.717, 1.165) is 31.6 Å². The second-order valence-corrected chi connectivity index (χ2v) is 7.99. The van der Waals surface area contributed by atoms with Crippen molar-refractivity contribution < 1.29 is 15.0 Å². The molecule has 26 heavy (non-hydrogen) atoms. The monoisotopic (exact) mass is 361 g/mol. The van der Waals surface area contributed by atoms with Crippen LogP contribution in [0.3, 0.4) is 0 Å². The standard InChI is InChI=1S/C20H31N3O3/c1-21(2)18-10-15-12-23(13-16(15)11-19(18)25)20(26)14-4-6-17(7-5-14)22(3)8-9-24/h4-7,15-16,18-19,24-25H,8-13H2,1-3H3/t15-,16+,18-,19-/m1/s1. The number of amides is 1. The van der Waals surface area contributed by atoms with Crippen molar-refractivity contribution in [2.24, 2.45) is 11.8 Å². The van der Waals surface area contributed by atoms with Crippen molar-refractivity contribution in [2.45, 2.75) is 25.0 Å². The van der Waals surface area contributed by atoms with E-state index in [-0.39, 0.29) is 24.7 Å². The summed E-state index contributed by atoms with van der Waals surface area (Å²) >= 11 is 0. The van der Waals surface area contributed by atoms with Crippen LogP contribution in [0.2, 0.25) is 0 Å². The highest BCUT2D eigenvalue weighted by atomic mass is 16.3. The van der Waals surface area contributed by atoms with E-state index in [9.17, 15) is 9.90 Å². The van der Waals surface area contributed by atoms with Gasteiger partial charge >= 0.3 is 0 Å². The fourth-order valence-electron chi connectivity index (χ4n) is 4.45. The van der Waals surface area contributed by atoms with Gasteiger partial charge in [0.1, 0.15) is 0 Å². The molecule has 1 aromatic rings. The van der Waals surface area contributed by atoms with Crippen LogP contribution in [0.5, 0.6) is 0 Å². The highest BCUT2D eigenvalue weighted by molar-refractivity contribution is 5.94. The van der Waals surface area contributed by atoms with E-state index in [0.29, 0.717) is 23.9 Å². The molecule has 1 aliphatic carbocycles. The molecular formula is C20H31N3O3. The average Bonchev–Trinajstić information content (AvgIpc) is 3.03. The number of aliphatic hydroxyl groups excluding tert-OH is 2. The first kappa shape index (κ1) is 19.1. The topological polar surface area (TPSA) is 67.2 Å². The molecule has 0 aromatic heterocycles. The van der Waals surface area contributed by atoms with Crippen LogP contribution in [-0.4, -0.2) is 85.5 Å². The quantitative estimate of drug-likeness (QED) is 0.815. The van der Waals surface area contributed by atoms with Crippen molar-refractivity contribution in [1.29, 1.82) is 0 Å². The molecule has 2 fully saturated rings. The molecule has 1 amide bonds. The van der Waals surface area contributed by atoms with Gasteiger partial charge in [-0.2, -0.15) is 0 Å². The molecule has 6 heteroatoms. The Labute approximate surface area is 156 Å². The summed E-state index contributed by atoms with van der Waals surface area (Å²) in [5.74, 6) is 0.955. The summed E-state index contributed by atoms with van der Waals surface area (Å²) < 4.78 is 0. The molecule has 1 saturated heterocycles. The number of rotatable bonds is 5. The van der Waals surface area contributed by atoms with Gasteiger partial charge in [0, 0.05) is 44.0 Å². The van der Waals surface area contributed by atoms with Gasteiger partial charge in [0.05, 0.1) is 12.7 Å². The molecule has 3 rings (SSSR count). The fraction of sp³-hybridized carbons (Fsp3) is 0.650. The van der Waals surface area contributed by atoms with Gasteiger partial charge in [0.15, 0.2) is 0 Å². The second kappa shape index (κ2) is 7.94. The zero-order chi connectivity index (χ0) is 18.8. The number of benzene rings is 1. The number of hydrogen-bond acceptors (Lipinski definition) is 5. The number of anilines is 1. The molecule has 0 radical (unpaired) electrons. The largest absolute Gasteiger partial charge is 0.395 e. The van der Waals surface area contributed by atoms with Crippen LogP contribution in [0.1, 0.15) is 23.2 Å². The smallest absolute Gasteiger partial charge is 0.253 e. The predicted molar refractivity (Wildman–Crippen MR) is 102 cm³/mol. The molecule has 0 bridgehead atoms. The van der Waals surface area contributed by atoms with E-state index in [4.69, 9.17) is 5.11 Å². The SMILES string of the molecule is CN(CCO)c1ccc(C(=O)N2C[C@H]3C[C@@H](N(C)C)[C@H](O)C[C@H]3C2)cc1. The lowest BCUT2D eigenvalue weighted by atomic mass is 9.77. The maximum Gasteiger partial charge on any atom is 0.253 e. The number of nitrogens with zero attached hydrogens (tertiary/aromatic N) is 3. The third-order valence-electron chi connectivity index (χ3n) is 6.05. The normalized spacial score (nSPS) is 28.3. The number of carbonyl (C=O) groups excluding carboxylic acids is 1. The summed E-state index contributed by atoms with van der Waals surface area (Å²) in [4.78, 5) is 18.9. The lowest BCUT2D eigenvalue weighted by molar-refractivity contribution is 0.00940. The molecule has 4 atom stereocenters. The van der Waals surface area contributed by atoms with Gasteiger partial charge in [-0.3, -0.25) is 4.79 Å². The van der Waals surface area contributed by atoms with Gasteiger partial charge in [-0.05, 0) is 63.0 Å². The predicted octanol–water partition coefficient (Wildman–Crippen LogP) is 0.888. The van der Waals surface area contributed by atoms with Gasteiger partial charge in [-0.25, -0.2) is 0 Å². The summed E-state index contributed by atoms with van der Waals surface area (Å²) in [6.45, 7) is 2.20. The average molecular weight is 361 g/mol. The van der Waals surface area contributed by atoms with E-state index in [1.165, 1.54) is 0 Å². The molecule has 1 heterocycles. The van der Waals surface area contributed by atoms with Gasteiger partial charge in [0.25, 0.3) is 5.91 Å². The minimum Gasteiger partial charge on any atom is -0.395 e. The third-order valence-corrected chi connectivity index (χ3v) is 6.05. The lowest BCUT2D eigenvalue weighted by Crippen LogP contribution is -2.46.